The number of halogens is 2. The van der Waals surface area contributed by atoms with Crippen LogP contribution in [0.25, 0.3) is 5.57 Å². The Morgan fingerprint density at radius 3 is 2.38 bits per heavy atom. The Hall–Kier alpha value is -2.73. The molecule has 0 aromatic heterocycles. The molecule has 0 aliphatic rings. The normalized spacial score (nSPS) is 11.4. The number of ether oxygens (including phenoxy) is 1. The number of likely N-dealkylation sites (N-methyl/N-ethyl adjacent to an activating group) is 1. The number of carbonyl (C=O) groups excluding carboxylic acids is 1. The highest BCUT2D eigenvalue weighted by molar-refractivity contribution is 5.94. The van der Waals surface area contributed by atoms with Crippen LogP contribution in [0.5, 0.6) is 5.75 Å². The standard InChI is InChI=1S/C23H27F2NO3/c1-4-26(5-2)23(28)13-16(3)17-9-10-22(18(14-17)11-12-27)29-15-19-20(24)7-6-8-21(19)25/h6-10,13-14,27H,4-5,11-12,15H2,1-3H3. The van der Waals surface area contributed by atoms with Crippen molar-refractivity contribution in [1.29, 1.82) is 0 Å². The summed E-state index contributed by atoms with van der Waals surface area (Å²) in [6, 6.07) is 8.97. The van der Waals surface area contributed by atoms with Crippen molar-refractivity contribution in [3.05, 3.63) is 70.8 Å². The molecule has 0 aliphatic heterocycles. The van der Waals surface area contributed by atoms with Crippen LogP contribution in [-0.2, 0) is 17.8 Å². The van der Waals surface area contributed by atoms with Gasteiger partial charge in [0.05, 0.1) is 5.56 Å². The highest BCUT2D eigenvalue weighted by Gasteiger charge is 2.13. The molecule has 0 unspecified atom stereocenters. The van der Waals surface area contributed by atoms with Crippen molar-refractivity contribution in [1.82, 2.24) is 4.90 Å². The molecule has 0 atom stereocenters. The first kappa shape index (κ1) is 22.6. The summed E-state index contributed by atoms with van der Waals surface area (Å²) in [6.07, 6.45) is 1.90. The molecule has 0 spiro atoms. The summed E-state index contributed by atoms with van der Waals surface area (Å²) in [5.41, 5.74) is 2.16. The molecule has 0 heterocycles. The van der Waals surface area contributed by atoms with E-state index >= 15 is 0 Å². The van der Waals surface area contributed by atoms with Gasteiger partial charge in [-0.3, -0.25) is 4.79 Å². The molecule has 156 valence electrons. The van der Waals surface area contributed by atoms with Crippen molar-refractivity contribution in [3.8, 4) is 5.75 Å². The van der Waals surface area contributed by atoms with E-state index < -0.39 is 11.6 Å². The Labute approximate surface area is 170 Å². The number of aliphatic hydroxyl groups excluding tert-OH is 1. The van der Waals surface area contributed by atoms with E-state index in [0.29, 0.717) is 30.8 Å². The molecule has 2 aromatic rings. The minimum absolute atomic E-state index is 0.0634. The van der Waals surface area contributed by atoms with Crippen LogP contribution >= 0.6 is 0 Å². The van der Waals surface area contributed by atoms with E-state index in [-0.39, 0.29) is 24.7 Å². The predicted molar refractivity (Wildman–Crippen MR) is 110 cm³/mol. The van der Waals surface area contributed by atoms with Crippen molar-refractivity contribution < 1.29 is 23.4 Å². The number of carbonyl (C=O) groups is 1. The molecule has 0 bridgehead atoms. The Bertz CT molecular complexity index is 856. The summed E-state index contributed by atoms with van der Waals surface area (Å²) in [6.45, 7) is 6.60. The molecule has 0 saturated heterocycles. The molecule has 1 amide bonds. The van der Waals surface area contributed by atoms with E-state index in [1.807, 2.05) is 26.8 Å². The first-order valence-electron chi connectivity index (χ1n) is 9.68. The van der Waals surface area contributed by atoms with Crippen molar-refractivity contribution in [2.75, 3.05) is 19.7 Å². The Balaban J connectivity index is 2.25. The summed E-state index contributed by atoms with van der Waals surface area (Å²) in [5, 5.41) is 9.38. The topological polar surface area (TPSA) is 49.8 Å². The smallest absolute Gasteiger partial charge is 0.246 e. The van der Waals surface area contributed by atoms with Crippen molar-refractivity contribution in [3.63, 3.8) is 0 Å². The lowest BCUT2D eigenvalue weighted by molar-refractivity contribution is -0.125. The highest BCUT2D eigenvalue weighted by atomic mass is 19.1. The number of benzene rings is 2. The van der Waals surface area contributed by atoms with Gasteiger partial charge in [-0.25, -0.2) is 8.78 Å². The summed E-state index contributed by atoms with van der Waals surface area (Å²) < 4.78 is 33.3. The van der Waals surface area contributed by atoms with E-state index in [9.17, 15) is 18.7 Å². The molecule has 0 saturated carbocycles. The molecule has 0 aliphatic carbocycles. The van der Waals surface area contributed by atoms with Crippen LogP contribution in [0, 0.1) is 11.6 Å². The Kier molecular flexibility index (Phi) is 8.34. The first-order chi connectivity index (χ1) is 13.9. The fourth-order valence-electron chi connectivity index (χ4n) is 3.00. The molecule has 1 N–H and O–H groups in total. The summed E-state index contributed by atoms with van der Waals surface area (Å²) in [4.78, 5) is 14.0. The lowest BCUT2D eigenvalue weighted by Gasteiger charge is -2.17. The summed E-state index contributed by atoms with van der Waals surface area (Å²) >= 11 is 0. The molecule has 2 rings (SSSR count). The van der Waals surface area contributed by atoms with Gasteiger partial charge in [-0.2, -0.15) is 0 Å². The molecule has 29 heavy (non-hydrogen) atoms. The van der Waals surface area contributed by atoms with Crippen LogP contribution in [0.4, 0.5) is 8.78 Å². The zero-order valence-corrected chi connectivity index (χ0v) is 17.0. The third kappa shape index (κ3) is 5.87. The lowest BCUT2D eigenvalue weighted by Crippen LogP contribution is -2.28. The second-order valence-corrected chi connectivity index (χ2v) is 6.62. The van der Waals surface area contributed by atoms with Crippen LogP contribution in [0.15, 0.2) is 42.5 Å². The van der Waals surface area contributed by atoms with Crippen molar-refractivity contribution >= 4 is 11.5 Å². The zero-order valence-electron chi connectivity index (χ0n) is 17.0. The molecule has 0 radical (unpaired) electrons. The van der Waals surface area contributed by atoms with Gasteiger partial charge in [0.2, 0.25) is 5.91 Å². The predicted octanol–water partition coefficient (Wildman–Crippen LogP) is 4.35. The van der Waals surface area contributed by atoms with Gasteiger partial charge in [0.1, 0.15) is 24.0 Å². The highest BCUT2D eigenvalue weighted by Crippen LogP contribution is 2.26. The SMILES string of the molecule is CCN(CC)C(=O)C=C(C)c1ccc(OCc2c(F)cccc2F)c(CCO)c1. The first-order valence-corrected chi connectivity index (χ1v) is 9.68. The third-order valence-electron chi connectivity index (χ3n) is 4.75. The zero-order chi connectivity index (χ0) is 21.4. The van der Waals surface area contributed by atoms with E-state index in [1.54, 1.807) is 23.1 Å². The van der Waals surface area contributed by atoms with E-state index in [4.69, 9.17) is 4.74 Å². The molecular formula is C23H27F2NO3. The number of amides is 1. The minimum atomic E-state index is -0.668. The van der Waals surface area contributed by atoms with Crippen molar-refractivity contribution in [2.24, 2.45) is 0 Å². The number of hydrogen-bond acceptors (Lipinski definition) is 3. The largest absolute Gasteiger partial charge is 0.488 e. The van der Waals surface area contributed by atoms with Gasteiger partial charge >= 0.3 is 0 Å². The fourth-order valence-corrected chi connectivity index (χ4v) is 3.00. The van der Waals surface area contributed by atoms with Gasteiger partial charge in [-0.15, -0.1) is 0 Å². The second-order valence-electron chi connectivity index (χ2n) is 6.62. The maximum Gasteiger partial charge on any atom is 0.246 e. The van der Waals surface area contributed by atoms with Gasteiger partial charge in [0.25, 0.3) is 0 Å². The van der Waals surface area contributed by atoms with Gasteiger partial charge in [0, 0.05) is 25.8 Å². The summed E-state index contributed by atoms with van der Waals surface area (Å²) in [5.74, 6) is -0.960. The number of hydrogen-bond donors (Lipinski definition) is 1. The third-order valence-corrected chi connectivity index (χ3v) is 4.75. The van der Waals surface area contributed by atoms with Gasteiger partial charge in [-0.05, 0) is 68.2 Å². The maximum atomic E-state index is 13.8. The Morgan fingerprint density at radius 2 is 1.79 bits per heavy atom. The number of aliphatic hydroxyl groups is 1. The van der Waals surface area contributed by atoms with Gasteiger partial charge in [0.15, 0.2) is 0 Å². The van der Waals surface area contributed by atoms with Crippen LogP contribution in [0.2, 0.25) is 0 Å². The number of nitrogens with zero attached hydrogens (tertiary/aromatic N) is 1. The molecule has 2 aromatic carbocycles. The minimum Gasteiger partial charge on any atom is -0.488 e. The Morgan fingerprint density at radius 1 is 1.14 bits per heavy atom. The van der Waals surface area contributed by atoms with E-state index in [1.165, 1.54) is 18.2 Å². The van der Waals surface area contributed by atoms with Gasteiger partial charge < -0.3 is 14.7 Å². The van der Waals surface area contributed by atoms with Crippen LogP contribution in [0.1, 0.15) is 37.5 Å². The maximum absolute atomic E-state index is 13.8. The van der Waals surface area contributed by atoms with E-state index in [2.05, 4.69) is 0 Å². The second kappa shape index (κ2) is 10.7. The average Bonchev–Trinajstić information content (AvgIpc) is 2.69. The molecule has 6 heteroatoms. The van der Waals surface area contributed by atoms with Crippen LogP contribution < -0.4 is 4.74 Å². The average molecular weight is 403 g/mol. The van der Waals surface area contributed by atoms with Crippen LogP contribution in [-0.4, -0.2) is 35.6 Å². The summed E-state index contributed by atoms with van der Waals surface area (Å²) in [7, 11) is 0. The quantitative estimate of drug-likeness (QED) is 0.634. The monoisotopic (exact) mass is 403 g/mol. The van der Waals surface area contributed by atoms with Crippen LogP contribution in [0.3, 0.4) is 0 Å². The van der Waals surface area contributed by atoms with Crippen molar-refractivity contribution in [2.45, 2.75) is 33.8 Å². The molecule has 4 nitrogen and oxygen atoms in total. The lowest BCUT2D eigenvalue weighted by atomic mass is 10.0. The number of allylic oxidation sites excluding steroid dienone is 1. The van der Waals surface area contributed by atoms with Gasteiger partial charge in [-0.1, -0.05) is 12.1 Å². The molecule has 0 fully saturated rings. The fraction of sp³-hybridized carbons (Fsp3) is 0.348. The van der Waals surface area contributed by atoms with E-state index in [0.717, 1.165) is 11.1 Å². The molecular weight excluding hydrogens is 376 g/mol. The number of rotatable bonds is 9.